The normalized spacial score (nSPS) is 13.6. The summed E-state index contributed by atoms with van der Waals surface area (Å²) in [5.41, 5.74) is 0. The van der Waals surface area contributed by atoms with Gasteiger partial charge in [0.05, 0.1) is 27.7 Å². The third-order valence-corrected chi connectivity index (χ3v) is 10.4. The molecule has 0 aliphatic rings. The summed E-state index contributed by atoms with van der Waals surface area (Å²) in [6, 6.07) is 0. The molecule has 2 atom stereocenters. The van der Waals surface area contributed by atoms with Crippen LogP contribution in [-0.2, 0) is 32.7 Å². The Morgan fingerprint density at radius 3 is 1.25 bits per heavy atom. The van der Waals surface area contributed by atoms with Crippen LogP contribution in [0.3, 0.4) is 0 Å². The average Bonchev–Trinajstić information content (AvgIpc) is 3.07. The van der Waals surface area contributed by atoms with Crippen LogP contribution in [0.4, 0.5) is 0 Å². The first-order valence-corrected chi connectivity index (χ1v) is 22.8. The summed E-state index contributed by atoms with van der Waals surface area (Å²) >= 11 is 0. The van der Waals surface area contributed by atoms with Gasteiger partial charge >= 0.3 is 19.8 Å². The van der Waals surface area contributed by atoms with Gasteiger partial charge in [-0.1, -0.05) is 174 Å². The zero-order chi connectivity index (χ0) is 37.9. The molecule has 0 saturated heterocycles. The molecule has 0 radical (unpaired) electrons. The third-order valence-electron chi connectivity index (χ3n) is 9.39. The molecule has 9 nitrogen and oxygen atoms in total. The van der Waals surface area contributed by atoms with Gasteiger partial charge < -0.3 is 18.9 Å². The fourth-order valence-electron chi connectivity index (χ4n) is 6.01. The van der Waals surface area contributed by atoms with Crippen LogP contribution in [-0.4, -0.2) is 74.9 Å². The van der Waals surface area contributed by atoms with Crippen molar-refractivity contribution in [3.63, 3.8) is 0 Å². The van der Waals surface area contributed by atoms with Gasteiger partial charge in [0.1, 0.15) is 19.8 Å². The second kappa shape index (κ2) is 34.8. The molecule has 304 valence electrons. The number of nitrogens with zero attached hydrogens (tertiary/aromatic N) is 1. The molecule has 0 heterocycles. The molecule has 0 rings (SSSR count). The quantitative estimate of drug-likeness (QED) is 0.0286. The van der Waals surface area contributed by atoms with Crippen molar-refractivity contribution in [3.8, 4) is 0 Å². The standard InChI is InChI=1S/C41H82NO8P/c1-6-8-10-12-14-15-16-17-18-19-20-21-22-23-24-25-26-28-29-31-33-40(43)47-37-39(38-49-51(45,46)48-36-35-42(3,4)5)50-41(44)34-32-30-27-13-11-9-7-2/h39H,6-38H2,1-5H3/p+1. The fraction of sp³-hybridized carbons (Fsp3) is 0.951. The summed E-state index contributed by atoms with van der Waals surface area (Å²) in [6.45, 7) is 4.40. The number of phosphoric acid groups is 1. The summed E-state index contributed by atoms with van der Waals surface area (Å²) in [6.07, 6.45) is 33.2. The number of hydrogen-bond donors (Lipinski definition) is 1. The molecule has 0 saturated carbocycles. The van der Waals surface area contributed by atoms with Crippen molar-refractivity contribution in [1.82, 2.24) is 0 Å². The van der Waals surface area contributed by atoms with Crippen LogP contribution in [0.5, 0.6) is 0 Å². The Balaban J connectivity index is 4.13. The molecule has 0 aromatic carbocycles. The van der Waals surface area contributed by atoms with Gasteiger partial charge in [-0.15, -0.1) is 0 Å². The SMILES string of the molecule is CCCCCCCCCCCCCCCCCCCCCCC(=O)OCC(COP(=O)(O)OCC[N+](C)(C)C)OC(=O)CCCCCCCCC. The van der Waals surface area contributed by atoms with Crippen LogP contribution in [0.2, 0.25) is 0 Å². The highest BCUT2D eigenvalue weighted by Crippen LogP contribution is 2.43. The highest BCUT2D eigenvalue weighted by Gasteiger charge is 2.27. The maximum absolute atomic E-state index is 12.5. The van der Waals surface area contributed by atoms with Crippen molar-refractivity contribution in [2.45, 2.75) is 206 Å². The molecule has 0 bridgehead atoms. The van der Waals surface area contributed by atoms with Gasteiger partial charge in [-0.25, -0.2) is 4.57 Å². The molecule has 1 N–H and O–H groups in total. The zero-order valence-electron chi connectivity index (χ0n) is 34.1. The Morgan fingerprint density at radius 1 is 0.529 bits per heavy atom. The Kier molecular flexibility index (Phi) is 34.1. The highest BCUT2D eigenvalue weighted by molar-refractivity contribution is 7.47. The maximum Gasteiger partial charge on any atom is 0.472 e. The Labute approximate surface area is 314 Å². The number of quaternary nitrogens is 1. The molecule has 0 aliphatic heterocycles. The molecule has 0 fully saturated rings. The number of carbonyl (C=O) groups is 2. The van der Waals surface area contributed by atoms with Crippen molar-refractivity contribution in [2.75, 3.05) is 47.5 Å². The maximum atomic E-state index is 12.5. The number of carbonyl (C=O) groups excluding carboxylic acids is 2. The van der Waals surface area contributed by atoms with E-state index < -0.39 is 26.5 Å². The molecular weight excluding hydrogens is 665 g/mol. The molecule has 2 unspecified atom stereocenters. The minimum Gasteiger partial charge on any atom is -0.462 e. The average molecular weight is 749 g/mol. The number of esters is 2. The van der Waals surface area contributed by atoms with Crippen LogP contribution in [0.15, 0.2) is 0 Å². The first kappa shape index (κ1) is 50.0. The summed E-state index contributed by atoms with van der Waals surface area (Å²) in [7, 11) is 1.49. The second-order valence-corrected chi connectivity index (χ2v) is 17.2. The van der Waals surface area contributed by atoms with E-state index in [1.807, 2.05) is 21.1 Å². The van der Waals surface area contributed by atoms with Gasteiger partial charge in [0, 0.05) is 12.8 Å². The zero-order valence-corrected chi connectivity index (χ0v) is 35.0. The number of unbranched alkanes of at least 4 members (excludes halogenated alkanes) is 25. The van der Waals surface area contributed by atoms with E-state index in [9.17, 15) is 19.0 Å². The molecular formula is C41H83NO8P+. The molecule has 0 amide bonds. The van der Waals surface area contributed by atoms with Crippen LogP contribution in [0.1, 0.15) is 200 Å². The van der Waals surface area contributed by atoms with Crippen molar-refractivity contribution in [3.05, 3.63) is 0 Å². The predicted molar refractivity (Wildman–Crippen MR) is 211 cm³/mol. The van der Waals surface area contributed by atoms with Crippen LogP contribution in [0.25, 0.3) is 0 Å². The third kappa shape index (κ3) is 38.5. The van der Waals surface area contributed by atoms with E-state index in [1.165, 1.54) is 128 Å². The van der Waals surface area contributed by atoms with Crippen molar-refractivity contribution >= 4 is 19.8 Å². The van der Waals surface area contributed by atoms with E-state index in [4.69, 9.17) is 18.5 Å². The van der Waals surface area contributed by atoms with Gasteiger partial charge in [-0.2, -0.15) is 0 Å². The minimum atomic E-state index is -4.36. The lowest BCUT2D eigenvalue weighted by Crippen LogP contribution is -2.37. The predicted octanol–water partition coefficient (Wildman–Crippen LogP) is 11.6. The minimum absolute atomic E-state index is 0.0362. The molecule has 0 spiro atoms. The van der Waals surface area contributed by atoms with E-state index in [-0.39, 0.29) is 25.6 Å². The Bertz CT molecular complexity index is 850. The smallest absolute Gasteiger partial charge is 0.462 e. The van der Waals surface area contributed by atoms with Gasteiger partial charge in [0.15, 0.2) is 6.10 Å². The van der Waals surface area contributed by atoms with Crippen molar-refractivity contribution in [1.29, 1.82) is 0 Å². The summed E-state index contributed by atoms with van der Waals surface area (Å²) < 4.78 is 34.1. The highest BCUT2D eigenvalue weighted by atomic mass is 31.2. The first-order chi connectivity index (χ1) is 24.5. The Morgan fingerprint density at radius 2 is 0.882 bits per heavy atom. The largest absolute Gasteiger partial charge is 0.472 e. The first-order valence-electron chi connectivity index (χ1n) is 21.3. The van der Waals surface area contributed by atoms with Gasteiger partial charge in [0.2, 0.25) is 0 Å². The molecule has 10 heteroatoms. The lowest BCUT2D eigenvalue weighted by atomic mass is 10.0. The number of ether oxygens (including phenoxy) is 2. The fourth-order valence-corrected chi connectivity index (χ4v) is 6.76. The van der Waals surface area contributed by atoms with Crippen LogP contribution < -0.4 is 0 Å². The van der Waals surface area contributed by atoms with Gasteiger partial charge in [-0.3, -0.25) is 18.6 Å². The lowest BCUT2D eigenvalue weighted by molar-refractivity contribution is -0.870. The summed E-state index contributed by atoms with van der Waals surface area (Å²) in [5, 5.41) is 0. The molecule has 0 aliphatic carbocycles. The summed E-state index contributed by atoms with van der Waals surface area (Å²) in [5.74, 6) is -0.794. The van der Waals surface area contributed by atoms with Crippen LogP contribution in [0, 0.1) is 0 Å². The monoisotopic (exact) mass is 749 g/mol. The summed E-state index contributed by atoms with van der Waals surface area (Å²) in [4.78, 5) is 35.1. The molecule has 51 heavy (non-hydrogen) atoms. The lowest BCUT2D eigenvalue weighted by Gasteiger charge is -2.24. The van der Waals surface area contributed by atoms with E-state index in [0.717, 1.165) is 38.5 Å². The van der Waals surface area contributed by atoms with Gasteiger partial charge in [0.25, 0.3) is 0 Å². The van der Waals surface area contributed by atoms with E-state index in [0.29, 0.717) is 23.9 Å². The number of hydrogen-bond acceptors (Lipinski definition) is 7. The van der Waals surface area contributed by atoms with Gasteiger partial charge in [-0.05, 0) is 12.8 Å². The number of likely N-dealkylation sites (N-methyl/N-ethyl adjacent to an activating group) is 1. The van der Waals surface area contributed by atoms with E-state index >= 15 is 0 Å². The number of rotatable bonds is 39. The second-order valence-electron chi connectivity index (χ2n) is 15.7. The topological polar surface area (TPSA) is 108 Å². The van der Waals surface area contributed by atoms with E-state index in [2.05, 4.69) is 13.8 Å². The number of phosphoric ester groups is 1. The van der Waals surface area contributed by atoms with E-state index in [1.54, 1.807) is 0 Å². The van der Waals surface area contributed by atoms with Crippen molar-refractivity contribution in [2.24, 2.45) is 0 Å². The molecule has 0 aromatic heterocycles. The van der Waals surface area contributed by atoms with Crippen molar-refractivity contribution < 1.29 is 42.1 Å². The Hall–Kier alpha value is -0.990. The molecule has 0 aromatic rings. The van der Waals surface area contributed by atoms with Crippen LogP contribution >= 0.6 is 7.82 Å².